The molecule has 0 amide bonds. The highest BCUT2D eigenvalue weighted by Crippen LogP contribution is 2.32. The number of methoxy groups -OCH3 is 1. The summed E-state index contributed by atoms with van der Waals surface area (Å²) >= 11 is 0. The van der Waals surface area contributed by atoms with Crippen LogP contribution < -0.4 is 9.64 Å². The van der Waals surface area contributed by atoms with Gasteiger partial charge in [-0.1, -0.05) is 12.0 Å². The summed E-state index contributed by atoms with van der Waals surface area (Å²) in [5.74, 6) is 3.48. The predicted molar refractivity (Wildman–Crippen MR) is 92.8 cm³/mol. The lowest BCUT2D eigenvalue weighted by Gasteiger charge is -2.28. The Morgan fingerprint density at radius 1 is 1.22 bits per heavy atom. The average molecular weight is 306 g/mol. The van der Waals surface area contributed by atoms with Crippen LogP contribution in [0.25, 0.3) is 0 Å². The van der Waals surface area contributed by atoms with Crippen LogP contribution in [0.2, 0.25) is 0 Å². The van der Waals surface area contributed by atoms with Gasteiger partial charge < -0.3 is 14.4 Å². The van der Waals surface area contributed by atoms with Gasteiger partial charge in [0.2, 0.25) is 0 Å². The summed E-state index contributed by atoms with van der Waals surface area (Å²) in [5, 5.41) is 0. The van der Waals surface area contributed by atoms with Crippen molar-refractivity contribution in [2.75, 3.05) is 31.9 Å². The second kappa shape index (κ2) is 6.99. The molecule has 0 saturated heterocycles. The first kappa shape index (κ1) is 15.1. The molecule has 1 aliphatic heterocycles. The number of hydrogen-bond donors (Lipinski definition) is 0. The number of anilines is 2. The summed E-state index contributed by atoms with van der Waals surface area (Å²) in [6.07, 6.45) is 7.37. The van der Waals surface area contributed by atoms with Gasteiger partial charge in [-0.2, -0.15) is 0 Å². The molecule has 0 saturated carbocycles. The lowest BCUT2D eigenvalue weighted by atomic mass is 10.1. The molecule has 3 rings (SSSR count). The quantitative estimate of drug-likeness (QED) is 0.628. The molecule has 4 nitrogen and oxygen atoms in total. The molecule has 2 aromatic rings. The third kappa shape index (κ3) is 3.36. The molecule has 0 spiro atoms. The normalized spacial score (nSPS) is 12.6. The molecule has 1 aliphatic rings. The van der Waals surface area contributed by atoms with E-state index in [2.05, 4.69) is 15.8 Å². The van der Waals surface area contributed by atoms with E-state index in [-0.39, 0.29) is 0 Å². The van der Waals surface area contributed by atoms with E-state index in [0.717, 1.165) is 28.3 Å². The SMILES string of the molecule is C#Cc1cccc(N2CN=Cc3cc(OCCOC)ccc32)c1. The van der Waals surface area contributed by atoms with E-state index < -0.39 is 0 Å². The van der Waals surface area contributed by atoms with Crippen molar-refractivity contribution < 1.29 is 9.47 Å². The van der Waals surface area contributed by atoms with E-state index in [1.807, 2.05) is 48.7 Å². The minimum Gasteiger partial charge on any atom is -0.491 e. The molecule has 0 fully saturated rings. The molecule has 0 unspecified atom stereocenters. The largest absolute Gasteiger partial charge is 0.491 e. The Balaban J connectivity index is 1.87. The highest BCUT2D eigenvalue weighted by atomic mass is 16.5. The van der Waals surface area contributed by atoms with Crippen LogP contribution in [0.15, 0.2) is 47.5 Å². The van der Waals surface area contributed by atoms with Crippen LogP contribution in [0.1, 0.15) is 11.1 Å². The van der Waals surface area contributed by atoms with Crippen molar-refractivity contribution in [1.29, 1.82) is 0 Å². The number of benzene rings is 2. The number of aliphatic imine (C=N–C) groups is 1. The average Bonchev–Trinajstić information content (AvgIpc) is 2.61. The summed E-state index contributed by atoms with van der Waals surface area (Å²) in [6.45, 7) is 1.67. The fourth-order valence-corrected chi connectivity index (χ4v) is 2.50. The molecule has 0 aromatic heterocycles. The number of fused-ring (bicyclic) bond motifs is 1. The first-order valence-electron chi connectivity index (χ1n) is 7.41. The number of nitrogens with zero attached hydrogens (tertiary/aromatic N) is 2. The molecule has 2 aromatic carbocycles. The minimum absolute atomic E-state index is 0.528. The highest BCUT2D eigenvalue weighted by Gasteiger charge is 2.16. The molecule has 23 heavy (non-hydrogen) atoms. The van der Waals surface area contributed by atoms with Gasteiger partial charge in [0.1, 0.15) is 19.0 Å². The van der Waals surface area contributed by atoms with Crippen molar-refractivity contribution in [2.45, 2.75) is 0 Å². The van der Waals surface area contributed by atoms with Gasteiger partial charge in [-0.05, 0) is 36.4 Å². The second-order valence-corrected chi connectivity index (χ2v) is 5.14. The maximum Gasteiger partial charge on any atom is 0.120 e. The summed E-state index contributed by atoms with van der Waals surface area (Å²) in [6, 6.07) is 13.9. The van der Waals surface area contributed by atoms with Crippen molar-refractivity contribution in [3.05, 3.63) is 53.6 Å². The van der Waals surface area contributed by atoms with Gasteiger partial charge in [-0.3, -0.25) is 4.99 Å². The molecule has 0 N–H and O–H groups in total. The minimum atomic E-state index is 0.528. The predicted octanol–water partition coefficient (Wildman–Crippen LogP) is 3.22. The van der Waals surface area contributed by atoms with E-state index >= 15 is 0 Å². The summed E-state index contributed by atoms with van der Waals surface area (Å²) < 4.78 is 10.7. The van der Waals surface area contributed by atoms with Crippen molar-refractivity contribution >= 4 is 17.6 Å². The van der Waals surface area contributed by atoms with Crippen molar-refractivity contribution in [3.63, 3.8) is 0 Å². The molecular formula is C19H18N2O2. The molecule has 1 heterocycles. The van der Waals surface area contributed by atoms with E-state index in [4.69, 9.17) is 15.9 Å². The molecule has 4 heteroatoms. The number of ether oxygens (including phenoxy) is 2. The van der Waals surface area contributed by atoms with Crippen LogP contribution >= 0.6 is 0 Å². The van der Waals surface area contributed by atoms with Crippen LogP contribution in [0.4, 0.5) is 11.4 Å². The van der Waals surface area contributed by atoms with Crippen LogP contribution in [0.5, 0.6) is 5.75 Å². The third-order valence-corrected chi connectivity index (χ3v) is 3.62. The van der Waals surface area contributed by atoms with Crippen LogP contribution in [0.3, 0.4) is 0 Å². The molecule has 116 valence electrons. The Labute approximate surface area is 136 Å². The first-order valence-corrected chi connectivity index (χ1v) is 7.41. The van der Waals surface area contributed by atoms with Crippen LogP contribution in [-0.4, -0.2) is 33.2 Å². The van der Waals surface area contributed by atoms with E-state index in [1.165, 1.54) is 0 Å². The highest BCUT2D eigenvalue weighted by molar-refractivity contribution is 5.92. The van der Waals surface area contributed by atoms with E-state index in [9.17, 15) is 0 Å². The lowest BCUT2D eigenvalue weighted by Crippen LogP contribution is -2.22. The summed E-state index contributed by atoms with van der Waals surface area (Å²) in [5.41, 5.74) is 4.01. The standard InChI is InChI=1S/C19H18N2O2/c1-3-15-5-4-6-17(11-15)21-14-20-13-16-12-18(7-8-19(16)21)23-10-9-22-2/h1,4-8,11-13H,9-10,14H2,2H3. The number of terminal acetylenes is 1. The molecule has 0 aliphatic carbocycles. The summed E-state index contributed by atoms with van der Waals surface area (Å²) in [7, 11) is 1.66. The van der Waals surface area contributed by atoms with Gasteiger partial charge in [0.05, 0.1) is 12.3 Å². The van der Waals surface area contributed by atoms with E-state index in [1.54, 1.807) is 7.11 Å². The van der Waals surface area contributed by atoms with E-state index in [0.29, 0.717) is 19.9 Å². The second-order valence-electron chi connectivity index (χ2n) is 5.14. The van der Waals surface area contributed by atoms with Gasteiger partial charge in [0.25, 0.3) is 0 Å². The number of hydrogen-bond acceptors (Lipinski definition) is 4. The zero-order valence-corrected chi connectivity index (χ0v) is 13.0. The van der Waals surface area contributed by atoms with Crippen LogP contribution in [-0.2, 0) is 4.74 Å². The Morgan fingerprint density at radius 2 is 2.13 bits per heavy atom. The van der Waals surface area contributed by atoms with Crippen molar-refractivity contribution in [2.24, 2.45) is 4.99 Å². The Bertz CT molecular complexity index is 762. The first-order chi connectivity index (χ1) is 11.3. The Kier molecular flexibility index (Phi) is 4.60. The molecular weight excluding hydrogens is 288 g/mol. The van der Waals surface area contributed by atoms with Crippen molar-refractivity contribution in [1.82, 2.24) is 0 Å². The number of rotatable bonds is 5. The van der Waals surface area contributed by atoms with Gasteiger partial charge in [-0.15, -0.1) is 6.42 Å². The fourth-order valence-electron chi connectivity index (χ4n) is 2.50. The molecule has 0 radical (unpaired) electrons. The fraction of sp³-hybridized carbons (Fsp3) is 0.211. The monoisotopic (exact) mass is 306 g/mol. The van der Waals surface area contributed by atoms with Gasteiger partial charge >= 0.3 is 0 Å². The third-order valence-electron chi connectivity index (χ3n) is 3.62. The topological polar surface area (TPSA) is 34.1 Å². The zero-order valence-electron chi connectivity index (χ0n) is 13.0. The summed E-state index contributed by atoms with van der Waals surface area (Å²) in [4.78, 5) is 6.57. The maximum atomic E-state index is 5.66. The van der Waals surface area contributed by atoms with Crippen molar-refractivity contribution in [3.8, 4) is 18.1 Å². The Hall–Kier alpha value is -2.77. The molecule has 0 bridgehead atoms. The van der Waals surface area contributed by atoms with Gasteiger partial charge in [-0.25, -0.2) is 0 Å². The molecule has 0 atom stereocenters. The zero-order chi connectivity index (χ0) is 16.1. The lowest BCUT2D eigenvalue weighted by molar-refractivity contribution is 0.146. The maximum absolute atomic E-state index is 5.66. The smallest absolute Gasteiger partial charge is 0.120 e. The van der Waals surface area contributed by atoms with Gasteiger partial charge in [0.15, 0.2) is 0 Å². The van der Waals surface area contributed by atoms with Gasteiger partial charge in [0, 0.05) is 30.1 Å². The van der Waals surface area contributed by atoms with Crippen LogP contribution in [0, 0.1) is 12.3 Å². The Morgan fingerprint density at radius 3 is 2.96 bits per heavy atom.